The molecule has 4 aromatic rings. The third kappa shape index (κ3) is 3.93. The van der Waals surface area contributed by atoms with E-state index in [-0.39, 0.29) is 11.9 Å². The van der Waals surface area contributed by atoms with Gasteiger partial charge in [0.1, 0.15) is 6.33 Å². The minimum absolute atomic E-state index is 0.165. The van der Waals surface area contributed by atoms with Gasteiger partial charge in [-0.1, -0.05) is 12.8 Å². The number of anilines is 1. The van der Waals surface area contributed by atoms with E-state index in [1.165, 1.54) is 24.0 Å². The zero-order valence-electron chi connectivity index (χ0n) is 17.6. The number of carbonyl (C=O) groups is 1. The molecular weight excluding hydrogens is 410 g/mol. The Kier molecular flexibility index (Phi) is 5.19. The highest BCUT2D eigenvalue weighted by Crippen LogP contribution is 2.32. The summed E-state index contributed by atoms with van der Waals surface area (Å²) in [6.07, 6.45) is 10.0. The molecule has 1 aliphatic rings. The molecule has 31 heavy (non-hydrogen) atoms. The van der Waals surface area contributed by atoms with Gasteiger partial charge in [0.25, 0.3) is 5.91 Å². The molecule has 0 aliphatic heterocycles. The second-order valence-corrected chi connectivity index (χ2v) is 9.37. The number of carbonyl (C=O) groups excluding carboxylic acids is 1. The van der Waals surface area contributed by atoms with E-state index in [0.29, 0.717) is 17.4 Å². The molecule has 0 bridgehead atoms. The maximum absolute atomic E-state index is 13.1. The lowest BCUT2D eigenvalue weighted by molar-refractivity contribution is 0.0938. The Balaban J connectivity index is 1.54. The van der Waals surface area contributed by atoms with E-state index in [1.54, 1.807) is 11.3 Å². The summed E-state index contributed by atoms with van der Waals surface area (Å²) < 4.78 is 2.02. The van der Waals surface area contributed by atoms with Gasteiger partial charge < -0.3 is 15.6 Å². The fourth-order valence-corrected chi connectivity index (χ4v) is 5.01. The highest BCUT2D eigenvalue weighted by atomic mass is 32.1. The summed E-state index contributed by atoms with van der Waals surface area (Å²) in [5.41, 5.74) is 3.30. The highest BCUT2D eigenvalue weighted by Gasteiger charge is 2.21. The summed E-state index contributed by atoms with van der Waals surface area (Å²) >= 11 is 1.72. The third-order valence-electron chi connectivity index (χ3n) is 5.77. The number of aryl methyl sites for hydroxylation is 1. The van der Waals surface area contributed by atoms with Crippen molar-refractivity contribution in [3.05, 3.63) is 53.2 Å². The molecule has 9 heteroatoms. The average Bonchev–Trinajstić information content (AvgIpc) is 3.54. The van der Waals surface area contributed by atoms with Crippen LogP contribution in [0.5, 0.6) is 0 Å². The first kappa shape index (κ1) is 19.7. The molecular formula is C22H25N7OS. The van der Waals surface area contributed by atoms with Gasteiger partial charge in [-0.15, -0.1) is 21.5 Å². The van der Waals surface area contributed by atoms with E-state index in [2.05, 4.69) is 44.9 Å². The van der Waals surface area contributed by atoms with Crippen LogP contribution in [-0.2, 0) is 0 Å². The lowest BCUT2D eigenvalue weighted by atomic mass is 10.2. The predicted octanol–water partition coefficient (Wildman–Crippen LogP) is 4.33. The van der Waals surface area contributed by atoms with Gasteiger partial charge in [-0.3, -0.25) is 9.20 Å². The summed E-state index contributed by atoms with van der Waals surface area (Å²) in [6.45, 7) is 3.97. The number of amides is 1. The molecule has 4 aromatic heterocycles. The number of aromatic nitrogens is 5. The molecule has 1 saturated carbocycles. The Morgan fingerprint density at radius 2 is 2.16 bits per heavy atom. The Morgan fingerprint density at radius 1 is 1.32 bits per heavy atom. The van der Waals surface area contributed by atoms with Crippen molar-refractivity contribution in [2.45, 2.75) is 51.6 Å². The lowest BCUT2D eigenvalue weighted by Gasteiger charge is -2.17. The molecule has 1 atom stereocenters. The second-order valence-electron chi connectivity index (χ2n) is 8.08. The number of H-pyrrole nitrogens is 1. The zero-order chi connectivity index (χ0) is 21.4. The van der Waals surface area contributed by atoms with E-state index in [4.69, 9.17) is 4.98 Å². The molecule has 0 saturated heterocycles. The van der Waals surface area contributed by atoms with Crippen LogP contribution in [0.25, 0.3) is 16.2 Å². The van der Waals surface area contributed by atoms with Gasteiger partial charge in [0.15, 0.2) is 11.5 Å². The number of nitrogens with one attached hydrogen (secondary N) is 3. The minimum Gasteiger partial charge on any atom is -0.379 e. The Labute approximate surface area is 184 Å². The van der Waals surface area contributed by atoms with Gasteiger partial charge in [-0.2, -0.15) is 0 Å². The molecule has 4 heterocycles. The van der Waals surface area contributed by atoms with Crippen LogP contribution in [0, 0.1) is 6.92 Å². The lowest BCUT2D eigenvalue weighted by Crippen LogP contribution is -2.28. The summed E-state index contributed by atoms with van der Waals surface area (Å²) in [7, 11) is 0. The average molecular weight is 436 g/mol. The van der Waals surface area contributed by atoms with Crippen LogP contribution in [0.15, 0.2) is 36.9 Å². The van der Waals surface area contributed by atoms with Crippen LogP contribution in [-0.4, -0.2) is 36.5 Å². The fourth-order valence-electron chi connectivity index (χ4n) is 4.14. The van der Waals surface area contributed by atoms with Gasteiger partial charge in [0.2, 0.25) is 0 Å². The quantitative estimate of drug-likeness (QED) is 0.418. The predicted molar refractivity (Wildman–Crippen MR) is 121 cm³/mol. The smallest absolute Gasteiger partial charge is 0.253 e. The highest BCUT2D eigenvalue weighted by molar-refractivity contribution is 7.15. The number of thiophene rings is 1. The molecule has 3 N–H and O–H groups in total. The van der Waals surface area contributed by atoms with Crippen molar-refractivity contribution in [1.82, 2.24) is 29.9 Å². The standard InChI is InChI=1S/C22H25N7OS/c1-13-7-8-19(31-13)18-10-23-21-17(27-16-5-3-4-6-16)9-15(11-29(18)21)22(30)26-14(2)20-24-12-25-28-20/h7-12,14,16,27H,3-6H2,1-2H3,(H,26,30)(H,24,25,28). The van der Waals surface area contributed by atoms with Crippen molar-refractivity contribution in [3.63, 3.8) is 0 Å². The monoisotopic (exact) mass is 435 g/mol. The normalized spacial score (nSPS) is 15.4. The van der Waals surface area contributed by atoms with Crippen molar-refractivity contribution in [1.29, 1.82) is 0 Å². The Hall–Kier alpha value is -3.20. The van der Waals surface area contributed by atoms with Gasteiger partial charge in [0.05, 0.1) is 34.1 Å². The maximum atomic E-state index is 13.1. The first-order valence-corrected chi connectivity index (χ1v) is 11.4. The van der Waals surface area contributed by atoms with E-state index in [0.717, 1.165) is 34.7 Å². The van der Waals surface area contributed by atoms with E-state index < -0.39 is 0 Å². The van der Waals surface area contributed by atoms with Gasteiger partial charge in [-0.25, -0.2) is 4.98 Å². The number of nitrogens with zero attached hydrogens (tertiary/aromatic N) is 4. The fraction of sp³-hybridized carbons (Fsp3) is 0.364. The molecule has 160 valence electrons. The van der Waals surface area contributed by atoms with Gasteiger partial charge in [-0.05, 0) is 44.9 Å². The largest absolute Gasteiger partial charge is 0.379 e. The molecule has 0 radical (unpaired) electrons. The van der Waals surface area contributed by atoms with E-state index in [1.807, 2.05) is 29.8 Å². The summed E-state index contributed by atoms with van der Waals surface area (Å²) in [4.78, 5) is 23.1. The molecule has 1 unspecified atom stereocenters. The van der Waals surface area contributed by atoms with E-state index in [9.17, 15) is 4.79 Å². The number of rotatable bonds is 6. The van der Waals surface area contributed by atoms with Gasteiger partial charge in [0, 0.05) is 17.1 Å². The number of hydrogen-bond acceptors (Lipinski definition) is 6. The number of pyridine rings is 1. The van der Waals surface area contributed by atoms with Crippen LogP contribution >= 0.6 is 11.3 Å². The molecule has 0 spiro atoms. The molecule has 5 rings (SSSR count). The molecule has 8 nitrogen and oxygen atoms in total. The van der Waals surface area contributed by atoms with Crippen LogP contribution in [0.2, 0.25) is 0 Å². The van der Waals surface area contributed by atoms with Crippen LogP contribution < -0.4 is 10.6 Å². The third-order valence-corrected chi connectivity index (χ3v) is 6.79. The first-order chi connectivity index (χ1) is 15.1. The first-order valence-electron chi connectivity index (χ1n) is 10.6. The van der Waals surface area contributed by atoms with Crippen LogP contribution in [0.4, 0.5) is 5.69 Å². The molecule has 1 amide bonds. The zero-order valence-corrected chi connectivity index (χ0v) is 18.4. The van der Waals surface area contributed by atoms with Crippen molar-refractivity contribution < 1.29 is 4.79 Å². The Morgan fingerprint density at radius 3 is 2.87 bits per heavy atom. The van der Waals surface area contributed by atoms with Crippen LogP contribution in [0.1, 0.15) is 59.7 Å². The summed E-state index contributed by atoms with van der Waals surface area (Å²) in [6, 6.07) is 6.25. The number of fused-ring (bicyclic) bond motifs is 1. The minimum atomic E-state index is -0.279. The van der Waals surface area contributed by atoms with Crippen molar-refractivity contribution in [2.75, 3.05) is 5.32 Å². The second kappa shape index (κ2) is 8.14. The van der Waals surface area contributed by atoms with Crippen molar-refractivity contribution >= 4 is 28.6 Å². The number of imidazole rings is 1. The SMILES string of the molecule is Cc1ccc(-c2cnc3c(NC4CCCC4)cc(C(=O)NC(C)c4nnc[nH]4)cn23)s1. The maximum Gasteiger partial charge on any atom is 0.253 e. The van der Waals surface area contributed by atoms with Crippen molar-refractivity contribution in [3.8, 4) is 10.6 Å². The molecule has 0 aromatic carbocycles. The summed E-state index contributed by atoms with van der Waals surface area (Å²) in [5, 5.41) is 14.4. The topological polar surface area (TPSA) is 100 Å². The van der Waals surface area contributed by atoms with E-state index >= 15 is 0 Å². The van der Waals surface area contributed by atoms with Crippen LogP contribution in [0.3, 0.4) is 0 Å². The number of hydrogen-bond donors (Lipinski definition) is 3. The molecule has 1 aliphatic carbocycles. The summed E-state index contributed by atoms with van der Waals surface area (Å²) in [5.74, 6) is 0.457. The number of aromatic amines is 1. The van der Waals surface area contributed by atoms with Crippen molar-refractivity contribution in [2.24, 2.45) is 0 Å². The molecule has 1 fully saturated rings. The van der Waals surface area contributed by atoms with Gasteiger partial charge >= 0.3 is 0 Å². The Bertz CT molecular complexity index is 1200.